The van der Waals surface area contributed by atoms with Gasteiger partial charge >= 0.3 is 0 Å². The van der Waals surface area contributed by atoms with Crippen molar-refractivity contribution >= 4 is 11.7 Å². The lowest BCUT2D eigenvalue weighted by atomic mass is 9.97. The maximum Gasteiger partial charge on any atom is 0.224 e. The van der Waals surface area contributed by atoms with Crippen molar-refractivity contribution in [1.82, 2.24) is 14.8 Å². The standard InChI is InChI=1S/C14H21N3O2/c1-15-14(19)12-4-3-6-17(9-12)10-13(18)11-5-7-16(2)8-11/h5,7-8,12H,3-4,6,9-10H2,1-2H3,(H,15,19). The van der Waals surface area contributed by atoms with E-state index >= 15 is 0 Å². The van der Waals surface area contributed by atoms with Crippen LogP contribution in [0.1, 0.15) is 23.2 Å². The summed E-state index contributed by atoms with van der Waals surface area (Å²) in [6.07, 6.45) is 5.59. The van der Waals surface area contributed by atoms with Crippen molar-refractivity contribution in [1.29, 1.82) is 0 Å². The first-order chi connectivity index (χ1) is 9.10. The van der Waals surface area contributed by atoms with E-state index in [0.717, 1.165) is 24.9 Å². The molecule has 1 saturated heterocycles. The fourth-order valence-corrected chi connectivity index (χ4v) is 2.58. The molecule has 19 heavy (non-hydrogen) atoms. The summed E-state index contributed by atoms with van der Waals surface area (Å²) in [6, 6.07) is 1.84. The lowest BCUT2D eigenvalue weighted by Crippen LogP contribution is -2.43. The summed E-state index contributed by atoms with van der Waals surface area (Å²) < 4.78 is 1.87. The molecule has 104 valence electrons. The van der Waals surface area contributed by atoms with E-state index in [1.165, 1.54) is 0 Å². The monoisotopic (exact) mass is 263 g/mol. The highest BCUT2D eigenvalue weighted by atomic mass is 16.2. The average Bonchev–Trinajstić information content (AvgIpc) is 2.85. The van der Waals surface area contributed by atoms with Crippen LogP contribution in [0.15, 0.2) is 18.5 Å². The second-order valence-corrected chi connectivity index (χ2v) is 5.18. The van der Waals surface area contributed by atoms with Gasteiger partial charge in [-0.1, -0.05) is 0 Å². The molecule has 0 bridgehead atoms. The Morgan fingerprint density at radius 3 is 2.89 bits per heavy atom. The lowest BCUT2D eigenvalue weighted by molar-refractivity contribution is -0.126. The number of amides is 1. The number of ketones is 1. The number of nitrogens with one attached hydrogen (secondary N) is 1. The number of hydrogen-bond donors (Lipinski definition) is 1. The van der Waals surface area contributed by atoms with Crippen molar-refractivity contribution in [3.05, 3.63) is 24.0 Å². The normalized spacial score (nSPS) is 20.2. The van der Waals surface area contributed by atoms with Gasteiger partial charge in [-0.15, -0.1) is 0 Å². The molecule has 1 unspecified atom stereocenters. The van der Waals surface area contributed by atoms with E-state index in [1.54, 1.807) is 7.05 Å². The van der Waals surface area contributed by atoms with Crippen molar-refractivity contribution < 1.29 is 9.59 Å². The predicted octanol–water partition coefficient (Wildman–Crippen LogP) is 0.666. The van der Waals surface area contributed by atoms with Crippen LogP contribution in [0.5, 0.6) is 0 Å². The second-order valence-electron chi connectivity index (χ2n) is 5.18. The van der Waals surface area contributed by atoms with Gasteiger partial charge in [0.2, 0.25) is 5.91 Å². The number of aromatic nitrogens is 1. The first-order valence-electron chi connectivity index (χ1n) is 6.69. The molecule has 1 aliphatic rings. The Morgan fingerprint density at radius 1 is 1.47 bits per heavy atom. The van der Waals surface area contributed by atoms with E-state index in [0.29, 0.717) is 13.1 Å². The molecule has 5 nitrogen and oxygen atoms in total. The minimum absolute atomic E-state index is 0.0160. The summed E-state index contributed by atoms with van der Waals surface area (Å²) in [5.74, 6) is 0.220. The topological polar surface area (TPSA) is 54.3 Å². The molecular formula is C14H21N3O2. The first-order valence-corrected chi connectivity index (χ1v) is 6.69. The number of piperidine rings is 1. The molecule has 1 atom stereocenters. The average molecular weight is 263 g/mol. The molecule has 1 aliphatic heterocycles. The summed E-state index contributed by atoms with van der Waals surface area (Å²) in [4.78, 5) is 25.8. The summed E-state index contributed by atoms with van der Waals surface area (Å²) in [5, 5.41) is 2.69. The van der Waals surface area contributed by atoms with Gasteiger partial charge in [0, 0.05) is 38.6 Å². The van der Waals surface area contributed by atoms with Crippen molar-refractivity contribution in [2.45, 2.75) is 12.8 Å². The van der Waals surface area contributed by atoms with Crippen molar-refractivity contribution in [2.75, 3.05) is 26.7 Å². The van der Waals surface area contributed by atoms with Gasteiger partial charge in [0.25, 0.3) is 0 Å². The fourth-order valence-electron chi connectivity index (χ4n) is 2.58. The van der Waals surface area contributed by atoms with Gasteiger partial charge in [0.1, 0.15) is 0 Å². The Labute approximate surface area is 113 Å². The number of carbonyl (C=O) groups excluding carboxylic acids is 2. The minimum Gasteiger partial charge on any atom is -0.359 e. The Hall–Kier alpha value is -1.62. The third-order valence-electron chi connectivity index (χ3n) is 3.64. The Bertz CT molecular complexity index is 467. The minimum atomic E-state index is 0.0160. The second kappa shape index (κ2) is 6.02. The molecule has 1 aromatic heterocycles. The number of carbonyl (C=O) groups is 2. The molecule has 0 spiro atoms. The number of Topliss-reactive ketones (excluding diaryl/α,β-unsaturated/α-hetero) is 1. The van der Waals surface area contributed by atoms with Gasteiger partial charge in [-0.05, 0) is 25.5 Å². The third-order valence-corrected chi connectivity index (χ3v) is 3.64. The van der Waals surface area contributed by atoms with E-state index in [1.807, 2.05) is 30.1 Å². The van der Waals surface area contributed by atoms with E-state index in [4.69, 9.17) is 0 Å². The van der Waals surface area contributed by atoms with Crippen LogP contribution in [0.3, 0.4) is 0 Å². The van der Waals surface area contributed by atoms with Gasteiger partial charge in [-0.25, -0.2) is 0 Å². The summed E-state index contributed by atoms with van der Waals surface area (Å²) in [7, 11) is 3.57. The van der Waals surface area contributed by atoms with Crippen LogP contribution in [0.4, 0.5) is 0 Å². The fraction of sp³-hybridized carbons (Fsp3) is 0.571. The summed E-state index contributed by atoms with van der Waals surface area (Å²) >= 11 is 0. The summed E-state index contributed by atoms with van der Waals surface area (Å²) in [5.41, 5.74) is 0.740. The van der Waals surface area contributed by atoms with Crippen LogP contribution in [0.25, 0.3) is 0 Å². The van der Waals surface area contributed by atoms with Gasteiger partial charge in [0.15, 0.2) is 5.78 Å². The first kappa shape index (κ1) is 13.8. The molecule has 1 N–H and O–H groups in total. The maximum absolute atomic E-state index is 12.1. The number of aryl methyl sites for hydroxylation is 1. The highest BCUT2D eigenvalue weighted by molar-refractivity contribution is 5.97. The van der Waals surface area contributed by atoms with E-state index < -0.39 is 0 Å². The molecule has 1 aromatic rings. The zero-order valence-electron chi connectivity index (χ0n) is 11.6. The Balaban J connectivity index is 1.92. The van der Waals surface area contributed by atoms with Gasteiger partial charge < -0.3 is 9.88 Å². The molecule has 0 aliphatic carbocycles. The number of likely N-dealkylation sites (tertiary alicyclic amines) is 1. The predicted molar refractivity (Wildman–Crippen MR) is 73.0 cm³/mol. The SMILES string of the molecule is CNC(=O)C1CCCN(CC(=O)c2ccn(C)c2)C1. The van der Waals surface area contributed by atoms with Gasteiger partial charge in [-0.2, -0.15) is 0 Å². The smallest absolute Gasteiger partial charge is 0.224 e. The summed E-state index contributed by atoms with van der Waals surface area (Å²) in [6.45, 7) is 1.97. The Morgan fingerprint density at radius 2 is 2.26 bits per heavy atom. The molecular weight excluding hydrogens is 242 g/mol. The lowest BCUT2D eigenvalue weighted by Gasteiger charge is -2.31. The van der Waals surface area contributed by atoms with Crippen LogP contribution in [0.2, 0.25) is 0 Å². The van der Waals surface area contributed by atoms with Crippen LogP contribution in [-0.4, -0.2) is 47.8 Å². The molecule has 1 fully saturated rings. The molecule has 0 radical (unpaired) electrons. The van der Waals surface area contributed by atoms with Crippen molar-refractivity contribution in [3.8, 4) is 0 Å². The molecule has 5 heteroatoms. The van der Waals surface area contributed by atoms with Crippen molar-refractivity contribution in [3.63, 3.8) is 0 Å². The van der Waals surface area contributed by atoms with Gasteiger partial charge in [0.05, 0.1) is 12.5 Å². The van der Waals surface area contributed by atoms with E-state index in [9.17, 15) is 9.59 Å². The maximum atomic E-state index is 12.1. The third kappa shape index (κ3) is 3.44. The molecule has 2 heterocycles. The molecule has 2 rings (SSSR count). The molecule has 0 aromatic carbocycles. The van der Waals surface area contributed by atoms with Gasteiger partial charge in [-0.3, -0.25) is 14.5 Å². The van der Waals surface area contributed by atoms with Crippen LogP contribution in [0, 0.1) is 5.92 Å². The van der Waals surface area contributed by atoms with Crippen LogP contribution >= 0.6 is 0 Å². The number of rotatable bonds is 4. The highest BCUT2D eigenvalue weighted by Gasteiger charge is 2.26. The van der Waals surface area contributed by atoms with Crippen LogP contribution < -0.4 is 5.32 Å². The zero-order chi connectivity index (χ0) is 13.8. The van der Waals surface area contributed by atoms with E-state index in [-0.39, 0.29) is 17.6 Å². The number of nitrogens with zero attached hydrogens (tertiary/aromatic N) is 2. The quantitative estimate of drug-likeness (QED) is 0.812. The van der Waals surface area contributed by atoms with E-state index in [2.05, 4.69) is 10.2 Å². The van der Waals surface area contributed by atoms with Crippen molar-refractivity contribution in [2.24, 2.45) is 13.0 Å². The Kier molecular flexibility index (Phi) is 4.37. The molecule has 1 amide bonds. The zero-order valence-corrected chi connectivity index (χ0v) is 11.6. The largest absolute Gasteiger partial charge is 0.359 e. The highest BCUT2D eigenvalue weighted by Crippen LogP contribution is 2.17. The number of hydrogen-bond acceptors (Lipinski definition) is 3. The molecule has 0 saturated carbocycles. The van der Waals surface area contributed by atoms with Crippen LogP contribution in [-0.2, 0) is 11.8 Å².